The van der Waals surface area contributed by atoms with Gasteiger partial charge in [0.2, 0.25) is 0 Å². The summed E-state index contributed by atoms with van der Waals surface area (Å²) in [5.41, 5.74) is 4.70. The van der Waals surface area contributed by atoms with Gasteiger partial charge in [0.15, 0.2) is 0 Å². The van der Waals surface area contributed by atoms with Crippen molar-refractivity contribution in [2.75, 3.05) is 11.4 Å². The van der Waals surface area contributed by atoms with Crippen molar-refractivity contribution < 1.29 is 4.79 Å². The zero-order valence-electron chi connectivity index (χ0n) is 15.5. The lowest BCUT2D eigenvalue weighted by Gasteiger charge is -2.27. The molecule has 0 aliphatic rings. The number of nitrogens with zero attached hydrogens (tertiary/aromatic N) is 2. The number of amides is 1. The van der Waals surface area contributed by atoms with Gasteiger partial charge in [0.05, 0.1) is 5.69 Å². The Morgan fingerprint density at radius 1 is 1.00 bits per heavy atom. The lowest BCUT2D eigenvalue weighted by Crippen LogP contribution is -2.35. The molecule has 0 atom stereocenters. The van der Waals surface area contributed by atoms with Crippen LogP contribution in [-0.2, 0) is 0 Å². The third kappa shape index (κ3) is 3.83. The maximum atomic E-state index is 13.4. The number of hydrogen-bond acceptors (Lipinski definition) is 2. The topological polar surface area (TPSA) is 33.2 Å². The molecule has 0 N–H and O–H groups in total. The minimum Gasteiger partial charge on any atom is -0.307 e. The summed E-state index contributed by atoms with van der Waals surface area (Å²) >= 11 is 0. The molecule has 3 aromatic rings. The van der Waals surface area contributed by atoms with Crippen LogP contribution in [0, 0.1) is 12.8 Å². The van der Waals surface area contributed by atoms with Crippen LogP contribution in [0.3, 0.4) is 0 Å². The van der Waals surface area contributed by atoms with E-state index in [9.17, 15) is 4.79 Å². The Balaban J connectivity index is 2.10. The van der Waals surface area contributed by atoms with Gasteiger partial charge in [-0.15, -0.1) is 0 Å². The zero-order chi connectivity index (χ0) is 18.5. The average molecular weight is 344 g/mol. The Labute approximate surface area is 155 Å². The zero-order valence-corrected chi connectivity index (χ0v) is 15.5. The van der Waals surface area contributed by atoms with Gasteiger partial charge in [0, 0.05) is 30.1 Å². The van der Waals surface area contributed by atoms with Gasteiger partial charge in [-0.25, -0.2) is 0 Å². The van der Waals surface area contributed by atoms with Crippen molar-refractivity contribution in [1.82, 2.24) is 4.98 Å². The Hall–Kier alpha value is -2.94. The molecular weight excluding hydrogens is 320 g/mol. The maximum absolute atomic E-state index is 13.4. The highest BCUT2D eigenvalue weighted by Crippen LogP contribution is 2.32. The molecule has 3 heteroatoms. The molecule has 0 aliphatic carbocycles. The van der Waals surface area contributed by atoms with Crippen LogP contribution in [0.1, 0.15) is 29.8 Å². The van der Waals surface area contributed by atoms with Crippen molar-refractivity contribution in [3.63, 3.8) is 0 Å². The number of aryl methyl sites for hydroxylation is 1. The Morgan fingerprint density at radius 2 is 1.69 bits per heavy atom. The first kappa shape index (κ1) is 17.9. The normalized spacial score (nSPS) is 10.8. The quantitative estimate of drug-likeness (QED) is 0.624. The first-order chi connectivity index (χ1) is 12.6. The largest absolute Gasteiger partial charge is 0.307 e. The summed E-state index contributed by atoms with van der Waals surface area (Å²) in [6.07, 6.45) is 3.42. The Kier molecular flexibility index (Phi) is 5.47. The van der Waals surface area contributed by atoms with Crippen LogP contribution in [0.25, 0.3) is 11.1 Å². The molecular formula is C23H24N2O. The summed E-state index contributed by atoms with van der Waals surface area (Å²) in [6.45, 7) is 6.84. The highest BCUT2D eigenvalue weighted by Gasteiger charge is 2.22. The highest BCUT2D eigenvalue weighted by atomic mass is 16.2. The Bertz CT molecular complexity index is 887. The van der Waals surface area contributed by atoms with E-state index < -0.39 is 0 Å². The second-order valence-electron chi connectivity index (χ2n) is 6.88. The summed E-state index contributed by atoms with van der Waals surface area (Å²) in [4.78, 5) is 19.4. The van der Waals surface area contributed by atoms with Crippen molar-refractivity contribution >= 4 is 11.6 Å². The van der Waals surface area contributed by atoms with E-state index in [1.807, 2.05) is 48.2 Å². The minimum absolute atomic E-state index is 0.0157. The maximum Gasteiger partial charge on any atom is 0.258 e. The summed E-state index contributed by atoms with van der Waals surface area (Å²) < 4.78 is 0. The summed E-state index contributed by atoms with van der Waals surface area (Å²) in [5, 5.41) is 0. The van der Waals surface area contributed by atoms with Gasteiger partial charge >= 0.3 is 0 Å². The number of aromatic nitrogens is 1. The van der Waals surface area contributed by atoms with E-state index in [4.69, 9.17) is 0 Å². The smallest absolute Gasteiger partial charge is 0.258 e. The van der Waals surface area contributed by atoms with Crippen LogP contribution in [0.2, 0.25) is 0 Å². The molecule has 0 unspecified atom stereocenters. The van der Waals surface area contributed by atoms with Crippen molar-refractivity contribution in [2.24, 2.45) is 5.92 Å². The molecule has 3 rings (SSSR count). The number of rotatable bonds is 5. The van der Waals surface area contributed by atoms with Crippen molar-refractivity contribution in [1.29, 1.82) is 0 Å². The van der Waals surface area contributed by atoms with E-state index in [1.165, 1.54) is 0 Å². The number of hydrogen-bond donors (Lipinski definition) is 0. The van der Waals surface area contributed by atoms with Gasteiger partial charge in [-0.05, 0) is 36.1 Å². The van der Waals surface area contributed by atoms with Crippen LogP contribution < -0.4 is 4.90 Å². The Morgan fingerprint density at radius 3 is 2.38 bits per heavy atom. The summed E-state index contributed by atoms with van der Waals surface area (Å²) in [6, 6.07) is 20.1. The average Bonchev–Trinajstić information content (AvgIpc) is 2.66. The van der Waals surface area contributed by atoms with Gasteiger partial charge in [-0.2, -0.15) is 0 Å². The van der Waals surface area contributed by atoms with Gasteiger partial charge in [0.25, 0.3) is 5.91 Å². The second kappa shape index (κ2) is 7.96. The fraction of sp³-hybridized carbons (Fsp3) is 0.217. The first-order valence-electron chi connectivity index (χ1n) is 8.95. The molecule has 0 saturated heterocycles. The van der Waals surface area contributed by atoms with Crippen LogP contribution in [-0.4, -0.2) is 17.4 Å². The predicted octanol–water partition coefficient (Wildman–Crippen LogP) is 5.36. The summed E-state index contributed by atoms with van der Waals surface area (Å²) in [5.74, 6) is 0.368. The molecule has 0 aliphatic heterocycles. The molecule has 1 aromatic heterocycles. The number of carbonyl (C=O) groups excluding carboxylic acids is 1. The van der Waals surface area contributed by atoms with Crippen LogP contribution in [0.5, 0.6) is 0 Å². The lowest BCUT2D eigenvalue weighted by atomic mass is 10.0. The highest BCUT2D eigenvalue weighted by molar-refractivity contribution is 6.08. The first-order valence-corrected chi connectivity index (χ1v) is 8.95. The molecule has 132 valence electrons. The molecule has 0 saturated carbocycles. The minimum atomic E-state index is 0.0157. The standard InChI is InChI=1S/C23H24N2O/c1-17(2)16-25(23(26)20-13-14-24-15-18(20)3)22-12-8-7-11-21(22)19-9-5-4-6-10-19/h4-15,17H,16H2,1-3H3. The number of para-hydroxylation sites is 1. The molecule has 1 amide bonds. The summed E-state index contributed by atoms with van der Waals surface area (Å²) in [7, 11) is 0. The van der Waals surface area contributed by atoms with Crippen LogP contribution in [0.4, 0.5) is 5.69 Å². The van der Waals surface area contributed by atoms with E-state index in [1.54, 1.807) is 18.5 Å². The monoisotopic (exact) mass is 344 g/mol. The van der Waals surface area contributed by atoms with E-state index in [0.717, 1.165) is 22.4 Å². The lowest BCUT2D eigenvalue weighted by molar-refractivity contribution is 0.0983. The molecule has 1 heterocycles. The van der Waals surface area contributed by atoms with Gasteiger partial charge in [-0.1, -0.05) is 62.4 Å². The van der Waals surface area contributed by atoms with E-state index in [-0.39, 0.29) is 5.91 Å². The fourth-order valence-corrected chi connectivity index (χ4v) is 3.09. The molecule has 2 aromatic carbocycles. The molecule has 3 nitrogen and oxygen atoms in total. The fourth-order valence-electron chi connectivity index (χ4n) is 3.09. The van der Waals surface area contributed by atoms with Gasteiger partial charge < -0.3 is 4.90 Å². The number of benzene rings is 2. The molecule has 0 spiro atoms. The number of pyridine rings is 1. The van der Waals surface area contributed by atoms with Gasteiger partial charge in [0.1, 0.15) is 0 Å². The van der Waals surface area contributed by atoms with Crippen LogP contribution >= 0.6 is 0 Å². The van der Waals surface area contributed by atoms with Crippen molar-refractivity contribution in [3.05, 3.63) is 84.2 Å². The third-order valence-corrected chi connectivity index (χ3v) is 4.32. The molecule has 0 fully saturated rings. The third-order valence-electron chi connectivity index (χ3n) is 4.32. The van der Waals surface area contributed by atoms with Gasteiger partial charge in [-0.3, -0.25) is 9.78 Å². The number of anilines is 1. The molecule has 26 heavy (non-hydrogen) atoms. The predicted molar refractivity (Wildman–Crippen MR) is 107 cm³/mol. The van der Waals surface area contributed by atoms with E-state index in [0.29, 0.717) is 18.0 Å². The SMILES string of the molecule is Cc1cnccc1C(=O)N(CC(C)C)c1ccccc1-c1ccccc1. The molecule has 0 bridgehead atoms. The second-order valence-corrected chi connectivity index (χ2v) is 6.88. The van der Waals surface area contributed by atoms with E-state index in [2.05, 4.69) is 37.0 Å². The number of carbonyl (C=O) groups is 1. The van der Waals surface area contributed by atoms with Crippen molar-refractivity contribution in [3.8, 4) is 11.1 Å². The molecule has 0 radical (unpaired) electrons. The van der Waals surface area contributed by atoms with E-state index >= 15 is 0 Å². The van der Waals surface area contributed by atoms with Crippen LogP contribution in [0.15, 0.2) is 73.1 Å². The van der Waals surface area contributed by atoms with Crippen molar-refractivity contribution in [2.45, 2.75) is 20.8 Å².